The lowest BCUT2D eigenvalue weighted by Crippen LogP contribution is -2.33. The number of aromatic nitrogens is 2. The highest BCUT2D eigenvalue weighted by atomic mass is 35.5. The van der Waals surface area contributed by atoms with Crippen LogP contribution in [0.25, 0.3) is 0 Å². The van der Waals surface area contributed by atoms with E-state index in [4.69, 9.17) is 11.6 Å². The van der Waals surface area contributed by atoms with Gasteiger partial charge in [-0.05, 0) is 49.7 Å². The van der Waals surface area contributed by atoms with Crippen molar-refractivity contribution in [3.8, 4) is 0 Å². The highest BCUT2D eigenvalue weighted by molar-refractivity contribution is 7.89. The van der Waals surface area contributed by atoms with E-state index in [-0.39, 0.29) is 16.5 Å². The van der Waals surface area contributed by atoms with Crippen molar-refractivity contribution < 1.29 is 13.2 Å². The van der Waals surface area contributed by atoms with Gasteiger partial charge in [0.05, 0.1) is 17.6 Å². The van der Waals surface area contributed by atoms with Crippen molar-refractivity contribution in [2.45, 2.75) is 31.3 Å². The number of benzene rings is 2. The lowest BCUT2D eigenvalue weighted by atomic mass is 10.2. The van der Waals surface area contributed by atoms with E-state index >= 15 is 0 Å². The minimum absolute atomic E-state index is 0.0704. The summed E-state index contributed by atoms with van der Waals surface area (Å²) in [6, 6.07) is 14.8. The number of halogens is 1. The summed E-state index contributed by atoms with van der Waals surface area (Å²) >= 11 is 5.92. The van der Waals surface area contributed by atoms with Gasteiger partial charge in [0.1, 0.15) is 5.82 Å². The third kappa shape index (κ3) is 4.89. The van der Waals surface area contributed by atoms with Gasteiger partial charge < -0.3 is 5.32 Å². The normalized spacial score (nSPS) is 11.8. The van der Waals surface area contributed by atoms with Crippen LogP contribution in [0.1, 0.15) is 29.8 Å². The van der Waals surface area contributed by atoms with E-state index < -0.39 is 15.9 Å². The average molecular weight is 447 g/mol. The zero-order chi connectivity index (χ0) is 21.9. The van der Waals surface area contributed by atoms with E-state index in [0.29, 0.717) is 17.4 Å². The molecule has 1 heterocycles. The smallest absolute Gasteiger partial charge is 0.256 e. The van der Waals surface area contributed by atoms with Crippen molar-refractivity contribution in [3.63, 3.8) is 0 Å². The molecule has 1 amide bonds. The summed E-state index contributed by atoms with van der Waals surface area (Å²) in [5.41, 5.74) is 1.22. The van der Waals surface area contributed by atoms with Crippen LogP contribution in [0, 0.1) is 0 Å². The van der Waals surface area contributed by atoms with Crippen molar-refractivity contribution in [1.29, 1.82) is 0 Å². The van der Waals surface area contributed by atoms with Crippen LogP contribution in [-0.2, 0) is 16.6 Å². The van der Waals surface area contributed by atoms with Crippen molar-refractivity contribution in [1.82, 2.24) is 14.1 Å². The molecule has 0 fully saturated rings. The molecule has 0 aliphatic heterocycles. The Morgan fingerprint density at radius 2 is 1.87 bits per heavy atom. The Morgan fingerprint density at radius 1 is 1.17 bits per heavy atom. The van der Waals surface area contributed by atoms with Crippen LogP contribution >= 0.6 is 11.6 Å². The van der Waals surface area contributed by atoms with Gasteiger partial charge in [-0.25, -0.2) is 13.1 Å². The third-order valence-electron chi connectivity index (χ3n) is 4.70. The Hall–Kier alpha value is -2.68. The Kier molecular flexibility index (Phi) is 6.60. The SMILES string of the molecule is CC(C)N(C)S(=O)(=O)c1cccc(C(=O)Nc2ccnn2Cc2ccc(Cl)cc2)c1. The first kappa shape index (κ1) is 22.0. The molecular weight excluding hydrogens is 424 g/mol. The molecule has 0 aliphatic carbocycles. The fourth-order valence-corrected chi connectivity index (χ4v) is 4.30. The molecule has 0 saturated heterocycles. The maximum Gasteiger partial charge on any atom is 0.256 e. The summed E-state index contributed by atoms with van der Waals surface area (Å²) < 4.78 is 28.4. The first-order valence-electron chi connectivity index (χ1n) is 9.34. The summed E-state index contributed by atoms with van der Waals surface area (Å²) in [7, 11) is -2.17. The number of anilines is 1. The standard InChI is InChI=1S/C21H23ClN4O3S/c1-15(2)25(3)30(28,29)19-6-4-5-17(13-19)21(27)24-20-11-12-23-26(20)14-16-7-9-18(22)10-8-16/h4-13,15H,14H2,1-3H3,(H,24,27). The van der Waals surface area contributed by atoms with Crippen LogP contribution in [0.4, 0.5) is 5.82 Å². The summed E-state index contributed by atoms with van der Waals surface area (Å²) in [5.74, 6) is 0.0830. The largest absolute Gasteiger partial charge is 0.307 e. The molecule has 3 rings (SSSR count). The van der Waals surface area contributed by atoms with Gasteiger partial charge in [0.25, 0.3) is 5.91 Å². The Labute approximate surface area is 181 Å². The first-order valence-corrected chi connectivity index (χ1v) is 11.2. The second-order valence-corrected chi connectivity index (χ2v) is 9.53. The number of hydrogen-bond donors (Lipinski definition) is 1. The molecule has 1 aromatic heterocycles. The number of carbonyl (C=O) groups is 1. The van der Waals surface area contributed by atoms with Crippen molar-refractivity contribution in [3.05, 3.63) is 76.9 Å². The highest BCUT2D eigenvalue weighted by Gasteiger charge is 2.24. The fraction of sp³-hybridized carbons (Fsp3) is 0.238. The lowest BCUT2D eigenvalue weighted by molar-refractivity contribution is 0.102. The molecule has 2 aromatic carbocycles. The minimum Gasteiger partial charge on any atom is -0.307 e. The monoisotopic (exact) mass is 446 g/mol. The molecule has 3 aromatic rings. The zero-order valence-corrected chi connectivity index (χ0v) is 18.5. The molecular formula is C21H23ClN4O3S. The Morgan fingerprint density at radius 3 is 2.53 bits per heavy atom. The van der Waals surface area contributed by atoms with Gasteiger partial charge in [-0.1, -0.05) is 29.8 Å². The van der Waals surface area contributed by atoms with Gasteiger partial charge >= 0.3 is 0 Å². The lowest BCUT2D eigenvalue weighted by Gasteiger charge is -2.21. The maximum atomic E-state index is 12.8. The molecule has 1 N–H and O–H groups in total. The van der Waals surface area contributed by atoms with Crippen molar-refractivity contribution >= 4 is 33.3 Å². The summed E-state index contributed by atoms with van der Waals surface area (Å²) in [6.45, 7) is 4.03. The van der Waals surface area contributed by atoms with E-state index in [2.05, 4.69) is 10.4 Å². The van der Waals surface area contributed by atoms with E-state index in [9.17, 15) is 13.2 Å². The van der Waals surface area contributed by atoms with Crippen molar-refractivity contribution in [2.75, 3.05) is 12.4 Å². The quantitative estimate of drug-likeness (QED) is 0.597. The van der Waals surface area contributed by atoms with E-state index in [0.717, 1.165) is 5.56 Å². The van der Waals surface area contributed by atoms with Gasteiger partial charge in [0.2, 0.25) is 10.0 Å². The molecule has 0 atom stereocenters. The van der Waals surface area contributed by atoms with Gasteiger partial charge in [-0.15, -0.1) is 0 Å². The second kappa shape index (κ2) is 8.99. The van der Waals surface area contributed by atoms with E-state index in [1.165, 1.54) is 23.5 Å². The molecule has 0 spiro atoms. The number of sulfonamides is 1. The molecule has 0 bridgehead atoms. The number of rotatable bonds is 7. The fourth-order valence-electron chi connectivity index (χ4n) is 2.76. The number of carbonyl (C=O) groups excluding carboxylic acids is 1. The van der Waals surface area contributed by atoms with Crippen LogP contribution < -0.4 is 5.32 Å². The maximum absolute atomic E-state index is 12.8. The van der Waals surface area contributed by atoms with Gasteiger partial charge in [0.15, 0.2) is 0 Å². The second-order valence-electron chi connectivity index (χ2n) is 7.10. The van der Waals surface area contributed by atoms with Crippen molar-refractivity contribution in [2.24, 2.45) is 0 Å². The van der Waals surface area contributed by atoms with Gasteiger partial charge in [-0.3, -0.25) is 4.79 Å². The van der Waals surface area contributed by atoms with Crippen LogP contribution in [0.5, 0.6) is 0 Å². The number of amides is 1. The predicted octanol–water partition coefficient (Wildman–Crippen LogP) is 3.87. The molecule has 7 nitrogen and oxygen atoms in total. The number of hydrogen-bond acceptors (Lipinski definition) is 4. The van der Waals surface area contributed by atoms with Crippen LogP contribution in [0.2, 0.25) is 5.02 Å². The molecule has 0 saturated carbocycles. The molecule has 9 heteroatoms. The Balaban J connectivity index is 1.79. The van der Waals surface area contributed by atoms with Gasteiger partial charge in [0, 0.05) is 29.7 Å². The Bertz CT molecular complexity index is 1140. The number of nitrogens with zero attached hydrogens (tertiary/aromatic N) is 3. The number of nitrogens with one attached hydrogen (secondary N) is 1. The third-order valence-corrected chi connectivity index (χ3v) is 6.99. The minimum atomic E-state index is -3.68. The summed E-state index contributed by atoms with van der Waals surface area (Å²) in [5, 5.41) is 7.69. The molecule has 158 valence electrons. The predicted molar refractivity (Wildman–Crippen MR) is 117 cm³/mol. The van der Waals surface area contributed by atoms with Gasteiger partial charge in [-0.2, -0.15) is 9.40 Å². The topological polar surface area (TPSA) is 84.3 Å². The molecule has 0 aliphatic rings. The summed E-state index contributed by atoms with van der Waals surface area (Å²) in [4.78, 5) is 12.8. The molecule has 0 unspecified atom stereocenters. The van der Waals surface area contributed by atoms with E-state index in [1.807, 2.05) is 12.1 Å². The molecule has 30 heavy (non-hydrogen) atoms. The average Bonchev–Trinajstić information content (AvgIpc) is 3.15. The molecule has 0 radical (unpaired) electrons. The van der Waals surface area contributed by atoms with Crippen LogP contribution in [0.3, 0.4) is 0 Å². The van der Waals surface area contributed by atoms with E-state index in [1.54, 1.807) is 55.1 Å². The summed E-state index contributed by atoms with van der Waals surface area (Å²) in [6.07, 6.45) is 1.59. The van der Waals surface area contributed by atoms with Crippen LogP contribution in [0.15, 0.2) is 65.7 Å². The first-order chi connectivity index (χ1) is 14.2. The van der Waals surface area contributed by atoms with Crippen LogP contribution in [-0.4, -0.2) is 41.5 Å². The highest BCUT2D eigenvalue weighted by Crippen LogP contribution is 2.19. The zero-order valence-electron chi connectivity index (χ0n) is 16.9.